The maximum absolute atomic E-state index is 12.5. The zero-order valence-electron chi connectivity index (χ0n) is 20.3. The molecule has 2 aromatic carbocycles. The fraction of sp³-hybridized carbons (Fsp3) is 0.360. The summed E-state index contributed by atoms with van der Waals surface area (Å²) in [7, 11) is -3.25. The quantitative estimate of drug-likeness (QED) is 0.446. The van der Waals surface area contributed by atoms with Gasteiger partial charge in [0, 0.05) is 17.6 Å². The molecule has 182 valence electrons. The van der Waals surface area contributed by atoms with Crippen LogP contribution in [-0.2, 0) is 28.5 Å². The van der Waals surface area contributed by atoms with Crippen molar-refractivity contribution in [1.82, 2.24) is 19.8 Å². The molecule has 2 amide bonds. The van der Waals surface area contributed by atoms with Crippen molar-refractivity contribution < 1.29 is 13.2 Å². The molecule has 0 fully saturated rings. The maximum Gasteiger partial charge on any atom is 0.319 e. The molecule has 9 heteroatoms. The van der Waals surface area contributed by atoms with Crippen molar-refractivity contribution in [3.63, 3.8) is 0 Å². The standard InChI is InChI=1S/C25H33N5O3S/c1-6-34(32,33)27-16-19-11-13-20(14-12-19)28-24(31)26-17-21-15-23(25(3,4)5)29-30(21)22-10-8-7-9-18(22)2/h7-15,27H,6,16-17H2,1-5H3,(H2,26,28,31). The molecule has 0 spiro atoms. The van der Waals surface area contributed by atoms with Crippen LogP contribution in [-0.4, -0.2) is 30.0 Å². The van der Waals surface area contributed by atoms with Crippen LogP contribution in [0.2, 0.25) is 0 Å². The van der Waals surface area contributed by atoms with Gasteiger partial charge in [-0.25, -0.2) is 22.6 Å². The van der Waals surface area contributed by atoms with Crippen LogP contribution in [0.3, 0.4) is 0 Å². The normalized spacial score (nSPS) is 11.9. The Morgan fingerprint density at radius 2 is 1.71 bits per heavy atom. The lowest BCUT2D eigenvalue weighted by Crippen LogP contribution is -2.29. The predicted octanol–water partition coefficient (Wildman–Crippen LogP) is 4.24. The second-order valence-corrected chi connectivity index (χ2v) is 11.3. The second-order valence-electron chi connectivity index (χ2n) is 9.20. The van der Waals surface area contributed by atoms with Gasteiger partial charge in [0.1, 0.15) is 0 Å². The second kappa shape index (κ2) is 10.4. The molecule has 0 saturated heterocycles. The van der Waals surface area contributed by atoms with E-state index in [0.717, 1.165) is 28.2 Å². The molecule has 0 bridgehead atoms. The minimum absolute atomic E-state index is 0.0345. The Balaban J connectivity index is 1.67. The monoisotopic (exact) mass is 483 g/mol. The van der Waals surface area contributed by atoms with Crippen molar-refractivity contribution in [3.8, 4) is 5.69 Å². The molecule has 0 unspecified atom stereocenters. The molecule has 3 rings (SSSR count). The number of nitrogens with zero attached hydrogens (tertiary/aromatic N) is 2. The van der Waals surface area contributed by atoms with E-state index in [2.05, 4.69) is 36.1 Å². The van der Waals surface area contributed by atoms with Crippen molar-refractivity contribution in [1.29, 1.82) is 0 Å². The van der Waals surface area contributed by atoms with Gasteiger partial charge in [-0.2, -0.15) is 5.10 Å². The third-order valence-corrected chi connectivity index (χ3v) is 6.76. The van der Waals surface area contributed by atoms with Gasteiger partial charge in [-0.05, 0) is 49.2 Å². The summed E-state index contributed by atoms with van der Waals surface area (Å²) >= 11 is 0. The number of hydrogen-bond acceptors (Lipinski definition) is 4. The highest BCUT2D eigenvalue weighted by atomic mass is 32.2. The van der Waals surface area contributed by atoms with Crippen LogP contribution < -0.4 is 15.4 Å². The van der Waals surface area contributed by atoms with Gasteiger partial charge in [-0.3, -0.25) is 0 Å². The minimum Gasteiger partial charge on any atom is -0.332 e. The number of rotatable bonds is 8. The lowest BCUT2D eigenvalue weighted by atomic mass is 9.92. The first kappa shape index (κ1) is 25.5. The summed E-state index contributed by atoms with van der Waals surface area (Å²) in [6.07, 6.45) is 0. The molecule has 0 saturated carbocycles. The SMILES string of the molecule is CCS(=O)(=O)NCc1ccc(NC(=O)NCc2cc(C(C)(C)C)nn2-c2ccccc2C)cc1. The highest BCUT2D eigenvalue weighted by Gasteiger charge is 2.21. The number of carbonyl (C=O) groups is 1. The van der Waals surface area contributed by atoms with Gasteiger partial charge in [0.15, 0.2) is 0 Å². The van der Waals surface area contributed by atoms with Gasteiger partial charge in [0.2, 0.25) is 10.0 Å². The van der Waals surface area contributed by atoms with E-state index in [0.29, 0.717) is 12.2 Å². The van der Waals surface area contributed by atoms with Gasteiger partial charge in [-0.1, -0.05) is 51.1 Å². The lowest BCUT2D eigenvalue weighted by molar-refractivity contribution is 0.251. The highest BCUT2D eigenvalue weighted by molar-refractivity contribution is 7.89. The number of benzene rings is 2. The van der Waals surface area contributed by atoms with Crippen LogP contribution in [0.25, 0.3) is 5.69 Å². The number of nitrogens with one attached hydrogen (secondary N) is 3. The largest absolute Gasteiger partial charge is 0.332 e. The smallest absolute Gasteiger partial charge is 0.319 e. The van der Waals surface area contributed by atoms with E-state index in [1.54, 1.807) is 31.2 Å². The molecule has 34 heavy (non-hydrogen) atoms. The summed E-state index contributed by atoms with van der Waals surface area (Å²) in [4.78, 5) is 12.5. The summed E-state index contributed by atoms with van der Waals surface area (Å²) in [5.74, 6) is 0.0345. The van der Waals surface area contributed by atoms with Gasteiger partial charge >= 0.3 is 6.03 Å². The zero-order chi connectivity index (χ0) is 24.9. The Labute approximate surface area is 201 Å². The Kier molecular flexibility index (Phi) is 7.78. The Hall–Kier alpha value is -3.17. The van der Waals surface area contributed by atoms with Crippen molar-refractivity contribution in [2.24, 2.45) is 0 Å². The minimum atomic E-state index is -3.25. The molecular weight excluding hydrogens is 450 g/mol. The van der Waals surface area contributed by atoms with Crippen molar-refractivity contribution >= 4 is 21.7 Å². The molecule has 0 radical (unpaired) electrons. The molecule has 0 aliphatic carbocycles. The van der Waals surface area contributed by atoms with Crippen LogP contribution in [0.15, 0.2) is 54.6 Å². The molecule has 0 aliphatic heterocycles. The average molecular weight is 484 g/mol. The van der Waals surface area contributed by atoms with E-state index in [1.165, 1.54) is 0 Å². The van der Waals surface area contributed by atoms with Crippen LogP contribution in [0, 0.1) is 6.92 Å². The van der Waals surface area contributed by atoms with Gasteiger partial charge in [0.25, 0.3) is 0 Å². The topological polar surface area (TPSA) is 105 Å². The first-order chi connectivity index (χ1) is 16.0. The molecule has 8 nitrogen and oxygen atoms in total. The number of anilines is 1. The van der Waals surface area contributed by atoms with Crippen LogP contribution in [0.4, 0.5) is 10.5 Å². The number of aryl methyl sites for hydroxylation is 1. The van der Waals surface area contributed by atoms with E-state index < -0.39 is 10.0 Å². The fourth-order valence-corrected chi connectivity index (χ4v) is 3.86. The molecule has 0 aliphatic rings. The highest BCUT2D eigenvalue weighted by Crippen LogP contribution is 2.25. The molecule has 0 atom stereocenters. The summed E-state index contributed by atoms with van der Waals surface area (Å²) in [5, 5.41) is 10.5. The van der Waals surface area contributed by atoms with Crippen LogP contribution >= 0.6 is 0 Å². The molecule has 3 N–H and O–H groups in total. The molecule has 1 aromatic heterocycles. The average Bonchev–Trinajstić information content (AvgIpc) is 3.22. The summed E-state index contributed by atoms with van der Waals surface area (Å²) in [5.41, 5.74) is 5.19. The molecule has 1 heterocycles. The predicted molar refractivity (Wildman–Crippen MR) is 136 cm³/mol. The lowest BCUT2D eigenvalue weighted by Gasteiger charge is -2.14. The van der Waals surface area contributed by atoms with Crippen molar-refractivity contribution in [2.75, 3.05) is 11.1 Å². The van der Waals surface area contributed by atoms with Gasteiger partial charge in [0.05, 0.1) is 29.4 Å². The van der Waals surface area contributed by atoms with Crippen LogP contribution in [0.5, 0.6) is 0 Å². The van der Waals surface area contributed by atoms with E-state index in [1.807, 2.05) is 41.9 Å². The Morgan fingerprint density at radius 3 is 2.32 bits per heavy atom. The fourth-order valence-electron chi connectivity index (χ4n) is 3.27. The first-order valence-corrected chi connectivity index (χ1v) is 12.9. The summed E-state index contributed by atoms with van der Waals surface area (Å²) in [6.45, 7) is 10.5. The number of sulfonamides is 1. The first-order valence-electron chi connectivity index (χ1n) is 11.2. The van der Waals surface area contributed by atoms with Crippen molar-refractivity contribution in [3.05, 3.63) is 77.1 Å². The summed E-state index contributed by atoms with van der Waals surface area (Å²) < 4.78 is 27.6. The number of para-hydroxylation sites is 1. The maximum atomic E-state index is 12.5. The zero-order valence-corrected chi connectivity index (χ0v) is 21.2. The molecular formula is C25H33N5O3S. The number of aromatic nitrogens is 2. The molecule has 3 aromatic rings. The number of hydrogen-bond donors (Lipinski definition) is 3. The van der Waals surface area contributed by atoms with E-state index >= 15 is 0 Å². The van der Waals surface area contributed by atoms with Gasteiger partial charge in [-0.15, -0.1) is 0 Å². The number of carbonyl (C=O) groups excluding carboxylic acids is 1. The third kappa shape index (κ3) is 6.68. The Morgan fingerprint density at radius 1 is 1.03 bits per heavy atom. The number of amides is 2. The summed E-state index contributed by atoms with van der Waals surface area (Å²) in [6, 6.07) is 16.7. The van der Waals surface area contributed by atoms with Crippen LogP contribution in [0.1, 0.15) is 50.2 Å². The van der Waals surface area contributed by atoms with E-state index in [-0.39, 0.29) is 23.7 Å². The Bertz CT molecular complexity index is 1240. The van der Waals surface area contributed by atoms with E-state index in [9.17, 15) is 13.2 Å². The van der Waals surface area contributed by atoms with E-state index in [4.69, 9.17) is 5.10 Å². The third-order valence-electron chi connectivity index (χ3n) is 5.41. The van der Waals surface area contributed by atoms with Gasteiger partial charge < -0.3 is 10.6 Å². The number of urea groups is 1. The van der Waals surface area contributed by atoms with Crippen molar-refractivity contribution in [2.45, 2.75) is 53.1 Å².